The van der Waals surface area contributed by atoms with Crippen LogP contribution in [0.15, 0.2) is 48.5 Å². The Bertz CT molecular complexity index is 718. The number of ether oxygens (including phenoxy) is 2. The second-order valence-corrected chi connectivity index (χ2v) is 9.45. The second kappa shape index (κ2) is 12.8. The summed E-state index contributed by atoms with van der Waals surface area (Å²) < 4.78 is 12.0. The van der Waals surface area contributed by atoms with Crippen LogP contribution in [0.1, 0.15) is 43.4 Å². The van der Waals surface area contributed by atoms with Gasteiger partial charge in [-0.2, -0.15) is 0 Å². The number of methoxy groups -OCH3 is 1. The molecule has 0 heterocycles. The first kappa shape index (κ1) is 22.8. The fourth-order valence-corrected chi connectivity index (χ4v) is 4.85. The molecule has 0 fully saturated rings. The van der Waals surface area contributed by atoms with Crippen LogP contribution >= 0.6 is 23.5 Å². The molecule has 2 aromatic rings. The zero-order valence-corrected chi connectivity index (χ0v) is 19.1. The third kappa shape index (κ3) is 7.84. The zero-order chi connectivity index (χ0) is 20.2. The molecule has 152 valence electrons. The highest BCUT2D eigenvalue weighted by molar-refractivity contribution is 8.17. The Morgan fingerprint density at radius 1 is 0.929 bits per heavy atom. The van der Waals surface area contributed by atoms with Crippen molar-refractivity contribution >= 4 is 29.6 Å². The van der Waals surface area contributed by atoms with E-state index >= 15 is 0 Å². The van der Waals surface area contributed by atoms with Crippen molar-refractivity contribution in [3.05, 3.63) is 65.2 Å². The van der Waals surface area contributed by atoms with Crippen LogP contribution in [0.3, 0.4) is 0 Å². The Balaban J connectivity index is 2.02. The molecule has 0 amide bonds. The van der Waals surface area contributed by atoms with E-state index in [1.807, 2.05) is 35.7 Å². The first-order chi connectivity index (χ1) is 13.7. The molecule has 0 N–H and O–H groups in total. The summed E-state index contributed by atoms with van der Waals surface area (Å²) in [5.74, 6) is 3.94. The highest BCUT2D eigenvalue weighted by atomic mass is 32.2. The van der Waals surface area contributed by atoms with Crippen molar-refractivity contribution in [3.8, 4) is 11.5 Å². The maximum atomic E-state index is 5.98. The molecule has 2 rings (SSSR count). The lowest BCUT2D eigenvalue weighted by atomic mass is 10.1. The van der Waals surface area contributed by atoms with Gasteiger partial charge in [-0.25, -0.2) is 0 Å². The third-order valence-corrected chi connectivity index (χ3v) is 7.20. The lowest BCUT2D eigenvalue weighted by Gasteiger charge is -2.13. The molecule has 4 heteroatoms. The quantitative estimate of drug-likeness (QED) is 0.340. The molecule has 2 nitrogen and oxygen atoms in total. The molecule has 0 unspecified atom stereocenters. The lowest BCUT2D eigenvalue weighted by Crippen LogP contribution is -1.98. The van der Waals surface area contributed by atoms with Crippen molar-refractivity contribution < 1.29 is 9.47 Å². The molecule has 28 heavy (non-hydrogen) atoms. The maximum absolute atomic E-state index is 5.98. The van der Waals surface area contributed by atoms with E-state index < -0.39 is 0 Å². The predicted octanol–water partition coefficient (Wildman–Crippen LogP) is 7.21. The third-order valence-electron chi connectivity index (χ3n) is 4.12. The summed E-state index contributed by atoms with van der Waals surface area (Å²) in [4.78, 5) is 0. The summed E-state index contributed by atoms with van der Waals surface area (Å²) in [5.41, 5.74) is 3.55. The topological polar surface area (TPSA) is 18.5 Å². The number of hydrogen-bond donors (Lipinski definition) is 0. The van der Waals surface area contributed by atoms with Crippen LogP contribution in [0.2, 0.25) is 0 Å². The number of benzene rings is 2. The fourth-order valence-electron chi connectivity index (χ4n) is 2.57. The van der Waals surface area contributed by atoms with Crippen molar-refractivity contribution in [1.29, 1.82) is 0 Å². The van der Waals surface area contributed by atoms with Crippen molar-refractivity contribution in [1.82, 2.24) is 0 Å². The average molecular weight is 417 g/mol. The summed E-state index contributed by atoms with van der Waals surface area (Å²) in [6, 6.07) is 14.5. The smallest absolute Gasteiger partial charge is 0.161 e. The van der Waals surface area contributed by atoms with Gasteiger partial charge in [0.15, 0.2) is 11.5 Å². The van der Waals surface area contributed by atoms with Gasteiger partial charge in [0.05, 0.1) is 11.7 Å². The molecule has 0 aliphatic rings. The number of aryl methyl sites for hydroxylation is 1. The summed E-state index contributed by atoms with van der Waals surface area (Å²) in [6.45, 7) is 7.10. The minimum Gasteiger partial charge on any atom is -0.493 e. The van der Waals surface area contributed by atoms with Crippen LogP contribution in [-0.4, -0.2) is 23.2 Å². The van der Waals surface area contributed by atoms with E-state index in [0.29, 0.717) is 11.2 Å². The summed E-state index contributed by atoms with van der Waals surface area (Å²) in [5, 5.41) is 0. The molecule has 0 saturated carbocycles. The molecule has 0 aliphatic carbocycles. The highest BCUT2D eigenvalue weighted by Gasteiger charge is 2.07. The van der Waals surface area contributed by atoms with E-state index in [4.69, 9.17) is 9.47 Å². The summed E-state index contributed by atoms with van der Waals surface area (Å²) >= 11 is 4.04. The second-order valence-electron chi connectivity index (χ2n) is 6.65. The minimum atomic E-state index is 0.503. The molecule has 0 atom stereocenters. The normalized spacial score (nSPS) is 11.3. The number of rotatable bonds is 12. The van der Waals surface area contributed by atoms with Crippen LogP contribution in [0.5, 0.6) is 11.5 Å². The SMILES string of the molecule is CCCSC(/C=C/c1ccc(OCc2ccc(C)cc2)c(OC)c1)SCCC. The van der Waals surface area contributed by atoms with Gasteiger partial charge >= 0.3 is 0 Å². The molecule has 0 radical (unpaired) electrons. The Kier molecular flexibility index (Phi) is 10.4. The first-order valence-corrected chi connectivity index (χ1v) is 12.0. The van der Waals surface area contributed by atoms with Crippen LogP contribution in [0.25, 0.3) is 6.08 Å². The van der Waals surface area contributed by atoms with E-state index in [2.05, 4.69) is 63.3 Å². The van der Waals surface area contributed by atoms with Gasteiger partial charge in [0.2, 0.25) is 0 Å². The van der Waals surface area contributed by atoms with Crippen LogP contribution < -0.4 is 9.47 Å². The van der Waals surface area contributed by atoms with Crippen molar-refractivity contribution in [2.45, 2.75) is 44.8 Å². The minimum absolute atomic E-state index is 0.503. The highest BCUT2D eigenvalue weighted by Crippen LogP contribution is 2.31. The summed E-state index contributed by atoms with van der Waals surface area (Å²) in [7, 11) is 1.69. The molecule has 0 spiro atoms. The van der Waals surface area contributed by atoms with Gasteiger partial charge in [0.1, 0.15) is 6.61 Å². The predicted molar refractivity (Wildman–Crippen MR) is 127 cm³/mol. The zero-order valence-electron chi connectivity index (χ0n) is 17.4. The van der Waals surface area contributed by atoms with Crippen molar-refractivity contribution in [2.24, 2.45) is 0 Å². The largest absolute Gasteiger partial charge is 0.493 e. The standard InChI is InChI=1S/C24H32O2S2/c1-5-15-27-24(28-16-6-2)14-12-20-11-13-22(23(17-20)25-4)26-18-21-9-7-19(3)8-10-21/h7-14,17,24H,5-6,15-16,18H2,1-4H3/b14-12+. The van der Waals surface area contributed by atoms with E-state index in [1.165, 1.54) is 29.9 Å². The van der Waals surface area contributed by atoms with Gasteiger partial charge in [-0.1, -0.05) is 61.9 Å². The van der Waals surface area contributed by atoms with Crippen LogP contribution in [-0.2, 0) is 6.61 Å². The monoisotopic (exact) mass is 416 g/mol. The molecule has 0 saturated heterocycles. The van der Waals surface area contributed by atoms with Crippen molar-refractivity contribution in [2.75, 3.05) is 18.6 Å². The molecule has 0 bridgehead atoms. The molecular weight excluding hydrogens is 384 g/mol. The van der Waals surface area contributed by atoms with E-state index in [0.717, 1.165) is 22.6 Å². The van der Waals surface area contributed by atoms with Gasteiger partial charge in [-0.3, -0.25) is 0 Å². The summed E-state index contributed by atoms with van der Waals surface area (Å²) in [6.07, 6.45) is 6.93. The van der Waals surface area contributed by atoms with Gasteiger partial charge in [-0.15, -0.1) is 23.5 Å². The molecular formula is C24H32O2S2. The molecule has 2 aromatic carbocycles. The van der Waals surface area contributed by atoms with Crippen molar-refractivity contribution in [3.63, 3.8) is 0 Å². The molecule has 0 aromatic heterocycles. The van der Waals surface area contributed by atoms with Gasteiger partial charge in [0, 0.05) is 0 Å². The van der Waals surface area contributed by atoms with Crippen LogP contribution in [0, 0.1) is 6.92 Å². The average Bonchev–Trinajstić information content (AvgIpc) is 2.73. The lowest BCUT2D eigenvalue weighted by molar-refractivity contribution is 0.284. The Morgan fingerprint density at radius 2 is 1.61 bits per heavy atom. The van der Waals surface area contributed by atoms with E-state index in [9.17, 15) is 0 Å². The van der Waals surface area contributed by atoms with Gasteiger partial charge in [-0.05, 0) is 54.5 Å². The Morgan fingerprint density at radius 3 is 2.21 bits per heavy atom. The molecule has 0 aliphatic heterocycles. The fraction of sp³-hybridized carbons (Fsp3) is 0.417. The maximum Gasteiger partial charge on any atom is 0.161 e. The number of hydrogen-bond acceptors (Lipinski definition) is 4. The van der Waals surface area contributed by atoms with Gasteiger partial charge < -0.3 is 9.47 Å². The Labute approximate surface area is 179 Å². The number of thioether (sulfide) groups is 2. The Hall–Kier alpha value is -1.52. The van der Waals surface area contributed by atoms with E-state index in [1.54, 1.807) is 7.11 Å². The van der Waals surface area contributed by atoms with Gasteiger partial charge in [0.25, 0.3) is 0 Å². The first-order valence-electron chi connectivity index (χ1n) is 9.94. The van der Waals surface area contributed by atoms with E-state index in [-0.39, 0.29) is 0 Å². The van der Waals surface area contributed by atoms with Crippen LogP contribution in [0.4, 0.5) is 0 Å².